The number of anilines is 3. The van der Waals surface area contributed by atoms with Gasteiger partial charge in [0.1, 0.15) is 17.4 Å². The number of carbonyl (C=O) groups excluding carboxylic acids is 3. The lowest BCUT2D eigenvalue weighted by Gasteiger charge is -2.33. The molecule has 232 valence electrons. The zero-order valence-electron chi connectivity index (χ0n) is 25.4. The third kappa shape index (κ3) is 5.95. The minimum absolute atomic E-state index is 0.0759. The van der Waals surface area contributed by atoms with Crippen molar-refractivity contribution in [1.82, 2.24) is 4.90 Å². The van der Waals surface area contributed by atoms with Gasteiger partial charge in [-0.2, -0.15) is 0 Å². The Morgan fingerprint density at radius 3 is 2.26 bits per heavy atom. The molecule has 5 rings (SSSR count). The van der Waals surface area contributed by atoms with Crippen molar-refractivity contribution >= 4 is 34.8 Å². The van der Waals surface area contributed by atoms with Gasteiger partial charge in [-0.1, -0.05) is 0 Å². The molecule has 2 aromatic rings. The highest BCUT2D eigenvalue weighted by Gasteiger charge is 2.74. The first kappa shape index (κ1) is 30.8. The number of aliphatic hydroxyl groups excluding tert-OH is 1. The molecule has 3 heterocycles. The number of rotatable bonds is 14. The van der Waals surface area contributed by atoms with E-state index in [1.54, 1.807) is 29.2 Å². The summed E-state index contributed by atoms with van der Waals surface area (Å²) in [6.07, 6.45) is 2.70. The number of hydrogen-bond donors (Lipinski definition) is 3. The number of aliphatic hydroxyl groups is 1. The molecule has 2 aromatic carbocycles. The molecular weight excluding hydrogens is 548 g/mol. The molecule has 2 unspecified atom stereocenters. The summed E-state index contributed by atoms with van der Waals surface area (Å²) < 4.78 is 12.0. The number of ether oxygens (including phenoxy) is 2. The first-order valence-electron chi connectivity index (χ1n) is 15.7. The lowest BCUT2D eigenvalue weighted by atomic mass is 9.70. The van der Waals surface area contributed by atoms with E-state index in [0.29, 0.717) is 56.0 Å². The summed E-state index contributed by atoms with van der Waals surface area (Å²) in [5.41, 5.74) is 1.26. The zero-order chi connectivity index (χ0) is 30.6. The maximum absolute atomic E-state index is 14.1. The van der Waals surface area contributed by atoms with Crippen LogP contribution in [0.1, 0.15) is 52.9 Å². The van der Waals surface area contributed by atoms with Gasteiger partial charge in [-0.3, -0.25) is 14.4 Å². The number of likely N-dealkylation sites (tertiary alicyclic amines) is 1. The van der Waals surface area contributed by atoms with Crippen molar-refractivity contribution in [3.8, 4) is 5.75 Å². The molecule has 0 aliphatic carbocycles. The third-order valence-corrected chi connectivity index (χ3v) is 9.10. The van der Waals surface area contributed by atoms with Crippen LogP contribution in [0, 0.1) is 11.8 Å². The summed E-state index contributed by atoms with van der Waals surface area (Å²) in [5.74, 6) is -1.52. The standard InChI is InChI=1S/C33H44N4O6/c1-4-36(5-2)24-14-10-22(11-15-24)35-31(40)29-33-19-18-26(43-33)27(28(33)32(41)37(29)20-8-7-9-21-38)30(39)34-23-12-16-25(17-13-23)42-6-3/h10-17,26-29,38H,4-9,18-21H2,1-3H3,(H,34,39)(H,35,40)/t26-,27+,28+,29?,33?/m1/s1. The Morgan fingerprint density at radius 1 is 0.977 bits per heavy atom. The third-order valence-electron chi connectivity index (χ3n) is 9.10. The number of benzene rings is 2. The van der Waals surface area contributed by atoms with E-state index in [1.165, 1.54) is 0 Å². The molecule has 10 heteroatoms. The lowest BCUT2D eigenvalue weighted by molar-refractivity contribution is -0.139. The predicted octanol–water partition coefficient (Wildman–Crippen LogP) is 4.05. The second-order valence-corrected chi connectivity index (χ2v) is 11.5. The van der Waals surface area contributed by atoms with Crippen LogP contribution in [0.15, 0.2) is 48.5 Å². The Kier molecular flexibility index (Phi) is 9.56. The van der Waals surface area contributed by atoms with Crippen molar-refractivity contribution in [1.29, 1.82) is 0 Å². The van der Waals surface area contributed by atoms with Gasteiger partial charge in [-0.15, -0.1) is 0 Å². The molecule has 3 fully saturated rings. The topological polar surface area (TPSA) is 120 Å². The maximum Gasteiger partial charge on any atom is 0.250 e. The molecular formula is C33H44N4O6. The van der Waals surface area contributed by atoms with E-state index >= 15 is 0 Å². The van der Waals surface area contributed by atoms with Crippen molar-refractivity contribution in [2.24, 2.45) is 11.8 Å². The van der Waals surface area contributed by atoms with E-state index in [9.17, 15) is 19.5 Å². The van der Waals surface area contributed by atoms with Crippen molar-refractivity contribution in [3.63, 3.8) is 0 Å². The van der Waals surface area contributed by atoms with E-state index < -0.39 is 29.6 Å². The van der Waals surface area contributed by atoms with Gasteiger partial charge in [-0.05, 0) is 101 Å². The molecule has 0 saturated carbocycles. The van der Waals surface area contributed by atoms with Gasteiger partial charge in [0, 0.05) is 43.3 Å². The van der Waals surface area contributed by atoms with Crippen LogP contribution in [-0.2, 0) is 19.1 Å². The molecule has 0 aromatic heterocycles. The van der Waals surface area contributed by atoms with Crippen molar-refractivity contribution in [2.75, 3.05) is 48.4 Å². The summed E-state index contributed by atoms with van der Waals surface area (Å²) in [6.45, 7) is 8.86. The summed E-state index contributed by atoms with van der Waals surface area (Å²) in [5, 5.41) is 15.3. The zero-order valence-corrected chi connectivity index (χ0v) is 25.4. The fraction of sp³-hybridized carbons (Fsp3) is 0.545. The van der Waals surface area contributed by atoms with Gasteiger partial charge in [0.15, 0.2) is 0 Å². The van der Waals surface area contributed by atoms with Gasteiger partial charge < -0.3 is 35.0 Å². The first-order valence-corrected chi connectivity index (χ1v) is 15.7. The number of nitrogens with zero attached hydrogens (tertiary/aromatic N) is 2. The fourth-order valence-electron chi connectivity index (χ4n) is 7.15. The number of fused-ring (bicyclic) bond motifs is 1. The minimum atomic E-state index is -1.06. The minimum Gasteiger partial charge on any atom is -0.494 e. The summed E-state index contributed by atoms with van der Waals surface area (Å²) in [7, 11) is 0. The largest absolute Gasteiger partial charge is 0.494 e. The van der Waals surface area contributed by atoms with Crippen LogP contribution >= 0.6 is 0 Å². The van der Waals surface area contributed by atoms with Crippen molar-refractivity contribution in [3.05, 3.63) is 48.5 Å². The molecule has 3 aliphatic rings. The molecule has 43 heavy (non-hydrogen) atoms. The van der Waals surface area contributed by atoms with Gasteiger partial charge in [0.2, 0.25) is 17.7 Å². The summed E-state index contributed by atoms with van der Waals surface area (Å²) >= 11 is 0. The number of unbranched alkanes of at least 4 members (excludes halogenated alkanes) is 2. The highest BCUT2D eigenvalue weighted by molar-refractivity contribution is 6.05. The lowest BCUT2D eigenvalue weighted by Crippen LogP contribution is -2.53. The maximum atomic E-state index is 14.1. The van der Waals surface area contributed by atoms with Gasteiger partial charge >= 0.3 is 0 Å². The molecule has 5 atom stereocenters. The average Bonchev–Trinajstić information content (AvgIpc) is 3.65. The molecule has 3 aliphatic heterocycles. The molecule has 2 bridgehead atoms. The highest BCUT2D eigenvalue weighted by Crippen LogP contribution is 2.58. The summed E-state index contributed by atoms with van der Waals surface area (Å²) in [6, 6.07) is 14.0. The Morgan fingerprint density at radius 2 is 1.63 bits per heavy atom. The van der Waals surface area contributed by atoms with Crippen molar-refractivity contribution < 1.29 is 29.0 Å². The van der Waals surface area contributed by atoms with Crippen LogP contribution in [0.3, 0.4) is 0 Å². The Labute approximate surface area is 253 Å². The Balaban J connectivity index is 1.38. The van der Waals surface area contributed by atoms with Crippen LogP contribution in [0.5, 0.6) is 5.75 Å². The van der Waals surface area contributed by atoms with Gasteiger partial charge in [0.25, 0.3) is 0 Å². The number of carbonyl (C=O) groups is 3. The average molecular weight is 593 g/mol. The van der Waals surface area contributed by atoms with Crippen LogP contribution < -0.4 is 20.3 Å². The quantitative estimate of drug-likeness (QED) is 0.283. The smallest absolute Gasteiger partial charge is 0.250 e. The fourth-order valence-corrected chi connectivity index (χ4v) is 7.15. The van der Waals surface area contributed by atoms with E-state index in [2.05, 4.69) is 29.4 Å². The SMILES string of the molecule is CCOc1ccc(NC(=O)[C@@H]2[C@H]3C(=O)N(CCCCCO)C(C(=O)Nc4ccc(N(CC)CC)cc4)C34CC[C@H]2O4)cc1. The van der Waals surface area contributed by atoms with Crippen LogP contribution in [-0.4, -0.2) is 78.3 Å². The monoisotopic (exact) mass is 592 g/mol. The van der Waals surface area contributed by atoms with E-state index in [4.69, 9.17) is 9.47 Å². The number of nitrogens with one attached hydrogen (secondary N) is 2. The molecule has 0 radical (unpaired) electrons. The molecule has 3 saturated heterocycles. The normalized spacial score (nSPS) is 25.5. The van der Waals surface area contributed by atoms with E-state index in [1.807, 2.05) is 31.2 Å². The Bertz CT molecular complexity index is 1280. The molecule has 3 N–H and O–H groups in total. The number of hydrogen-bond acceptors (Lipinski definition) is 7. The van der Waals surface area contributed by atoms with Gasteiger partial charge in [-0.25, -0.2) is 0 Å². The van der Waals surface area contributed by atoms with E-state index in [0.717, 1.165) is 25.2 Å². The highest BCUT2D eigenvalue weighted by atomic mass is 16.5. The number of amides is 3. The Hall–Kier alpha value is -3.63. The van der Waals surface area contributed by atoms with Crippen LogP contribution in [0.2, 0.25) is 0 Å². The van der Waals surface area contributed by atoms with Crippen molar-refractivity contribution in [2.45, 2.75) is 70.6 Å². The molecule has 10 nitrogen and oxygen atoms in total. The van der Waals surface area contributed by atoms with E-state index in [-0.39, 0.29) is 24.3 Å². The van der Waals surface area contributed by atoms with Crippen LogP contribution in [0.25, 0.3) is 0 Å². The molecule has 3 amide bonds. The van der Waals surface area contributed by atoms with Gasteiger partial charge in [0.05, 0.1) is 24.5 Å². The first-order chi connectivity index (χ1) is 20.9. The predicted molar refractivity (Wildman–Crippen MR) is 165 cm³/mol. The summed E-state index contributed by atoms with van der Waals surface area (Å²) in [4.78, 5) is 45.6. The second-order valence-electron chi connectivity index (χ2n) is 11.5. The van der Waals surface area contributed by atoms with Crippen LogP contribution in [0.4, 0.5) is 17.1 Å². The second kappa shape index (κ2) is 13.3. The molecule has 1 spiro atoms.